The minimum Gasteiger partial charge on any atom is -0.481 e. The Morgan fingerprint density at radius 1 is 1.22 bits per heavy atom. The molecule has 1 heterocycles. The van der Waals surface area contributed by atoms with Crippen molar-refractivity contribution < 1.29 is 14.3 Å². The second kappa shape index (κ2) is 7.91. The Morgan fingerprint density at radius 2 is 1.89 bits per heavy atom. The lowest BCUT2D eigenvalue weighted by molar-refractivity contribution is -0.156. The summed E-state index contributed by atoms with van der Waals surface area (Å²) in [5.41, 5.74) is 1.19. The molecule has 3 nitrogen and oxygen atoms in total. The van der Waals surface area contributed by atoms with E-state index in [9.17, 15) is 4.79 Å². The minimum absolute atomic E-state index is 0.147. The van der Waals surface area contributed by atoms with E-state index in [4.69, 9.17) is 22.3 Å². The molecule has 0 spiro atoms. The molecule has 1 aromatic heterocycles. The number of rotatable bonds is 5. The van der Waals surface area contributed by atoms with Crippen LogP contribution in [0.1, 0.15) is 41.7 Å². The molecule has 4 heteroatoms. The average Bonchev–Trinajstić information content (AvgIpc) is 3.30. The van der Waals surface area contributed by atoms with E-state index in [1.807, 2.05) is 26.0 Å². The van der Waals surface area contributed by atoms with Crippen molar-refractivity contribution in [3.8, 4) is 35.3 Å². The first-order valence-electron chi connectivity index (χ1n) is 9.00. The van der Waals surface area contributed by atoms with Gasteiger partial charge in [0, 0.05) is 28.7 Å². The lowest BCUT2D eigenvalue weighted by Gasteiger charge is -2.23. The van der Waals surface area contributed by atoms with E-state index in [1.165, 1.54) is 0 Å². The van der Waals surface area contributed by atoms with E-state index < -0.39 is 11.6 Å². The first kappa shape index (κ1) is 19.1. The smallest absolute Gasteiger partial charge is 0.345 e. The zero-order valence-corrected chi connectivity index (χ0v) is 16.5. The van der Waals surface area contributed by atoms with E-state index in [0.29, 0.717) is 5.75 Å². The monoisotopic (exact) mass is 379 g/mol. The molecule has 1 aliphatic rings. The second-order valence-electron chi connectivity index (χ2n) is 6.84. The van der Waals surface area contributed by atoms with Gasteiger partial charge in [-0.2, -0.15) is 0 Å². The number of hydrogen-bond acceptors (Lipinski definition) is 3. The number of aryl methyl sites for hydroxylation is 2. The normalized spacial score (nSPS) is 15.6. The number of terminal acetylenes is 2. The highest BCUT2D eigenvalue weighted by Gasteiger charge is 2.35. The van der Waals surface area contributed by atoms with Crippen molar-refractivity contribution in [3.05, 3.63) is 45.6 Å². The van der Waals surface area contributed by atoms with Crippen LogP contribution >= 0.6 is 10.5 Å². The summed E-state index contributed by atoms with van der Waals surface area (Å²) < 4.78 is 11.3. The number of hydrogen-bond donors (Lipinski definition) is 0. The van der Waals surface area contributed by atoms with Gasteiger partial charge in [0.1, 0.15) is 11.1 Å². The quantitative estimate of drug-likeness (QED) is 0.421. The van der Waals surface area contributed by atoms with E-state index in [2.05, 4.69) is 29.4 Å². The number of benzene rings is 1. The predicted octanol–water partition coefficient (Wildman–Crippen LogP) is 4.89. The molecule has 1 fully saturated rings. The molecule has 27 heavy (non-hydrogen) atoms. The van der Waals surface area contributed by atoms with Gasteiger partial charge >= 0.3 is 5.97 Å². The molecule has 0 bridgehead atoms. The van der Waals surface area contributed by atoms with E-state index >= 15 is 0 Å². The van der Waals surface area contributed by atoms with Crippen LogP contribution in [0.15, 0.2) is 29.6 Å². The number of carbonyl (C=O) groups is 1. The fourth-order valence-electron chi connectivity index (χ4n) is 3.53. The molecule has 1 unspecified atom stereocenters. The fraction of sp³-hybridized carbons (Fsp3) is 0.348. The molecule has 0 radical (unpaired) electrons. The number of esters is 1. The van der Waals surface area contributed by atoms with Crippen LogP contribution in [-0.2, 0) is 9.53 Å². The SMILES string of the molecule is C#Cc1ccc[s+]1-c1cc(C)c(OCC(=O)OC2(C#C)CCCC2)c(C)c1. The Kier molecular flexibility index (Phi) is 5.59. The highest BCUT2D eigenvalue weighted by atomic mass is 32.2. The van der Waals surface area contributed by atoms with Gasteiger partial charge in [-0.3, -0.25) is 0 Å². The first-order valence-corrected chi connectivity index (χ1v) is 10.3. The molecule has 0 N–H and O–H groups in total. The summed E-state index contributed by atoms with van der Waals surface area (Å²) in [6.45, 7) is 3.80. The molecule has 1 atom stereocenters. The van der Waals surface area contributed by atoms with Crippen LogP contribution in [0.4, 0.5) is 0 Å². The van der Waals surface area contributed by atoms with Gasteiger partial charge in [-0.1, -0.05) is 5.92 Å². The first-order chi connectivity index (χ1) is 13.0. The number of ether oxygens (including phenoxy) is 2. The van der Waals surface area contributed by atoms with Gasteiger partial charge in [0.2, 0.25) is 4.88 Å². The van der Waals surface area contributed by atoms with Crippen LogP contribution in [0.2, 0.25) is 0 Å². The molecule has 0 amide bonds. The van der Waals surface area contributed by atoms with Crippen LogP contribution in [0, 0.1) is 38.5 Å². The van der Waals surface area contributed by atoms with E-state index in [1.54, 1.807) is 0 Å². The lowest BCUT2D eigenvalue weighted by Crippen LogP contribution is -2.32. The van der Waals surface area contributed by atoms with Crippen molar-refractivity contribution in [1.82, 2.24) is 0 Å². The topological polar surface area (TPSA) is 35.5 Å². The van der Waals surface area contributed by atoms with E-state index in [-0.39, 0.29) is 17.1 Å². The van der Waals surface area contributed by atoms with Crippen LogP contribution < -0.4 is 4.74 Å². The van der Waals surface area contributed by atoms with Crippen LogP contribution in [0.5, 0.6) is 5.75 Å². The third kappa shape index (κ3) is 4.02. The molecule has 3 rings (SSSR count). The summed E-state index contributed by atoms with van der Waals surface area (Å²) in [4.78, 5) is 14.4. The molecular weight excluding hydrogens is 356 g/mol. The summed E-state index contributed by atoms with van der Waals surface area (Å²) in [5.74, 6) is 5.69. The Morgan fingerprint density at radius 3 is 2.48 bits per heavy atom. The van der Waals surface area contributed by atoms with Crippen molar-refractivity contribution in [2.75, 3.05) is 6.61 Å². The van der Waals surface area contributed by atoms with Crippen molar-refractivity contribution in [1.29, 1.82) is 0 Å². The Labute approximate surface area is 163 Å². The Hall–Kier alpha value is -2.69. The van der Waals surface area contributed by atoms with Gasteiger partial charge in [0.05, 0.1) is 0 Å². The minimum atomic E-state index is -0.748. The lowest BCUT2D eigenvalue weighted by atomic mass is 10.0. The van der Waals surface area contributed by atoms with Gasteiger partial charge in [-0.25, -0.2) is 4.79 Å². The fourth-order valence-corrected chi connectivity index (χ4v) is 5.29. The maximum Gasteiger partial charge on any atom is 0.345 e. The average molecular weight is 380 g/mol. The summed E-state index contributed by atoms with van der Waals surface area (Å²) in [6.07, 6.45) is 14.6. The number of carbonyl (C=O) groups excluding carboxylic acids is 1. The standard InChI is InChI=1S/C23H23O3S/c1-5-19-10-9-13-27(19)20-14-17(3)22(18(4)15-20)25-16-21(24)26-23(6-2)11-7-8-12-23/h1-2,9-10,13-15H,7-8,11-12,16H2,3-4H3/q+1. The van der Waals surface area contributed by atoms with Crippen LogP contribution in [0.3, 0.4) is 0 Å². The summed E-state index contributed by atoms with van der Waals surface area (Å²) in [5, 5.41) is 2.11. The van der Waals surface area contributed by atoms with Gasteiger partial charge in [-0.15, -0.1) is 12.8 Å². The third-order valence-electron chi connectivity index (χ3n) is 4.85. The molecule has 1 aliphatic carbocycles. The van der Waals surface area contributed by atoms with Gasteiger partial charge in [0.25, 0.3) is 0 Å². The van der Waals surface area contributed by atoms with Crippen molar-refractivity contribution >= 4 is 16.4 Å². The second-order valence-corrected chi connectivity index (χ2v) is 8.70. The van der Waals surface area contributed by atoms with E-state index in [0.717, 1.165) is 46.6 Å². The summed E-state index contributed by atoms with van der Waals surface area (Å²) in [6, 6.07) is 8.10. The van der Waals surface area contributed by atoms with Crippen molar-refractivity contribution in [3.63, 3.8) is 0 Å². The number of thiophene rings is 1. The molecular formula is C23H23O3S+. The largest absolute Gasteiger partial charge is 0.481 e. The molecule has 0 aliphatic heterocycles. The van der Waals surface area contributed by atoms with Crippen molar-refractivity contribution in [2.45, 2.75) is 45.1 Å². The highest BCUT2D eigenvalue weighted by Crippen LogP contribution is 2.39. The van der Waals surface area contributed by atoms with Crippen LogP contribution in [0.25, 0.3) is 4.90 Å². The maximum absolute atomic E-state index is 12.2. The Bertz CT molecular complexity index is 910. The molecule has 1 aromatic carbocycles. The zero-order chi connectivity index (χ0) is 19.4. The van der Waals surface area contributed by atoms with Gasteiger partial charge in [-0.05, 0) is 62.6 Å². The third-order valence-corrected chi connectivity index (χ3v) is 6.75. The summed E-state index contributed by atoms with van der Waals surface area (Å²) in [7, 11) is -0.205. The Balaban J connectivity index is 1.72. The van der Waals surface area contributed by atoms with Gasteiger partial charge < -0.3 is 9.47 Å². The zero-order valence-electron chi connectivity index (χ0n) is 15.7. The maximum atomic E-state index is 12.2. The van der Waals surface area contributed by atoms with Gasteiger partial charge in [0.15, 0.2) is 17.1 Å². The molecule has 0 saturated heterocycles. The molecule has 2 aromatic rings. The molecule has 138 valence electrons. The highest BCUT2D eigenvalue weighted by molar-refractivity contribution is 7.38. The summed E-state index contributed by atoms with van der Waals surface area (Å²) >= 11 is 0. The van der Waals surface area contributed by atoms with Crippen molar-refractivity contribution in [2.24, 2.45) is 0 Å². The van der Waals surface area contributed by atoms with Crippen LogP contribution in [-0.4, -0.2) is 18.2 Å². The molecule has 1 saturated carbocycles. The predicted molar refractivity (Wildman–Crippen MR) is 109 cm³/mol.